The van der Waals surface area contributed by atoms with Crippen molar-refractivity contribution in [3.63, 3.8) is 0 Å². The van der Waals surface area contributed by atoms with Gasteiger partial charge in [-0.25, -0.2) is 8.42 Å². The molecule has 0 radical (unpaired) electrons. The summed E-state index contributed by atoms with van der Waals surface area (Å²) in [6.07, 6.45) is 0.838. The van der Waals surface area contributed by atoms with Gasteiger partial charge in [-0.1, -0.05) is 13.8 Å². The van der Waals surface area contributed by atoms with Gasteiger partial charge >= 0.3 is 0 Å². The van der Waals surface area contributed by atoms with Crippen LogP contribution in [0.5, 0.6) is 5.75 Å². The number of nitrogens with one attached hydrogen (secondary N) is 1. The normalized spacial score (nSPS) is 11.8. The molecule has 0 aliphatic rings. The first-order valence-corrected chi connectivity index (χ1v) is 10.3. The molecule has 0 atom stereocenters. The molecule has 1 amide bonds. The van der Waals surface area contributed by atoms with Crippen molar-refractivity contribution in [2.75, 3.05) is 33.4 Å². The van der Waals surface area contributed by atoms with Crippen LogP contribution < -0.4 is 10.1 Å². The van der Waals surface area contributed by atoms with Crippen LogP contribution in [0.3, 0.4) is 0 Å². The van der Waals surface area contributed by atoms with Gasteiger partial charge < -0.3 is 14.8 Å². The Morgan fingerprint density at radius 2 is 1.88 bits per heavy atom. The molecule has 0 aliphatic carbocycles. The van der Waals surface area contributed by atoms with E-state index in [1.54, 1.807) is 19.9 Å². The molecule has 0 saturated heterocycles. The highest BCUT2D eigenvalue weighted by molar-refractivity contribution is 7.89. The molecule has 1 N–H and O–H groups in total. The minimum atomic E-state index is -3.73. The van der Waals surface area contributed by atoms with Crippen molar-refractivity contribution in [3.05, 3.63) is 23.8 Å². The molecule has 0 saturated carbocycles. The molecule has 148 valence electrons. The van der Waals surface area contributed by atoms with Crippen LogP contribution in [0.2, 0.25) is 0 Å². The molecule has 0 unspecified atom stereocenters. The average Bonchev–Trinajstić information content (AvgIpc) is 2.61. The lowest BCUT2D eigenvalue weighted by atomic mass is 10.2. The van der Waals surface area contributed by atoms with Crippen LogP contribution in [0.4, 0.5) is 0 Å². The fraction of sp³-hybridized carbons (Fsp3) is 0.611. The minimum Gasteiger partial charge on any atom is -0.495 e. The van der Waals surface area contributed by atoms with Gasteiger partial charge in [-0.3, -0.25) is 4.79 Å². The Balaban J connectivity index is 2.94. The van der Waals surface area contributed by atoms with E-state index < -0.39 is 10.0 Å². The Bertz CT molecular complexity index is 685. The Morgan fingerprint density at radius 1 is 1.23 bits per heavy atom. The van der Waals surface area contributed by atoms with Crippen molar-refractivity contribution in [2.45, 2.75) is 45.1 Å². The number of hydrogen-bond acceptors (Lipinski definition) is 5. The number of rotatable bonds is 11. The molecule has 0 heterocycles. The second-order valence-electron chi connectivity index (χ2n) is 5.98. The van der Waals surface area contributed by atoms with E-state index in [-0.39, 0.29) is 28.2 Å². The van der Waals surface area contributed by atoms with Gasteiger partial charge in [0.2, 0.25) is 10.0 Å². The van der Waals surface area contributed by atoms with Crippen LogP contribution in [0.1, 0.15) is 44.5 Å². The molecule has 26 heavy (non-hydrogen) atoms. The predicted molar refractivity (Wildman–Crippen MR) is 101 cm³/mol. The van der Waals surface area contributed by atoms with E-state index in [0.29, 0.717) is 32.7 Å². The summed E-state index contributed by atoms with van der Waals surface area (Å²) in [4.78, 5) is 12.3. The van der Waals surface area contributed by atoms with E-state index >= 15 is 0 Å². The maximum Gasteiger partial charge on any atom is 0.251 e. The number of amides is 1. The van der Waals surface area contributed by atoms with E-state index in [9.17, 15) is 13.2 Å². The highest BCUT2D eigenvalue weighted by Gasteiger charge is 2.26. The third-order valence-electron chi connectivity index (χ3n) is 3.81. The number of sulfonamides is 1. The van der Waals surface area contributed by atoms with Gasteiger partial charge in [0.15, 0.2) is 0 Å². The highest BCUT2D eigenvalue weighted by atomic mass is 32.2. The Kier molecular flexibility index (Phi) is 9.04. The average molecular weight is 387 g/mol. The van der Waals surface area contributed by atoms with Crippen molar-refractivity contribution in [2.24, 2.45) is 0 Å². The van der Waals surface area contributed by atoms with Crippen molar-refractivity contribution < 1.29 is 22.7 Å². The molecule has 0 fully saturated rings. The maximum atomic E-state index is 12.8. The largest absolute Gasteiger partial charge is 0.495 e. The molecule has 8 heteroatoms. The van der Waals surface area contributed by atoms with E-state index in [2.05, 4.69) is 5.32 Å². The Hall–Kier alpha value is -1.64. The smallest absolute Gasteiger partial charge is 0.251 e. The van der Waals surface area contributed by atoms with E-state index in [1.165, 1.54) is 23.5 Å². The third kappa shape index (κ3) is 5.96. The lowest BCUT2D eigenvalue weighted by molar-refractivity contribution is 0.0757. The minimum absolute atomic E-state index is 0.000471. The second kappa shape index (κ2) is 10.5. The number of carbonyl (C=O) groups excluding carboxylic acids is 1. The van der Waals surface area contributed by atoms with Crippen LogP contribution >= 0.6 is 0 Å². The molecule has 1 aromatic carbocycles. The zero-order valence-corrected chi connectivity index (χ0v) is 17.1. The van der Waals surface area contributed by atoms with Gasteiger partial charge in [-0.05, 0) is 38.5 Å². The topological polar surface area (TPSA) is 84.9 Å². The van der Waals surface area contributed by atoms with Crippen molar-refractivity contribution >= 4 is 15.9 Å². The fourth-order valence-corrected chi connectivity index (χ4v) is 4.06. The summed E-state index contributed by atoms with van der Waals surface area (Å²) in [5.74, 6) is -0.105. The SMILES string of the molecule is CCN(CC)S(=O)(=O)c1cc(C(=O)NCCCOC(C)C)ccc1OC. The first-order valence-electron chi connectivity index (χ1n) is 8.85. The first-order chi connectivity index (χ1) is 12.3. The van der Waals surface area contributed by atoms with Crippen LogP contribution in [0.25, 0.3) is 0 Å². The van der Waals surface area contributed by atoms with Crippen LogP contribution in [-0.4, -0.2) is 58.1 Å². The zero-order valence-electron chi connectivity index (χ0n) is 16.2. The Labute approximate surface area is 156 Å². The molecular formula is C18H30N2O5S. The van der Waals surface area contributed by atoms with Gasteiger partial charge in [0.25, 0.3) is 5.91 Å². The van der Waals surface area contributed by atoms with Gasteiger partial charge in [0.05, 0.1) is 13.2 Å². The van der Waals surface area contributed by atoms with Gasteiger partial charge in [-0.15, -0.1) is 0 Å². The standard InChI is InChI=1S/C18H30N2O5S/c1-6-20(7-2)26(22,23)17-13-15(9-10-16(17)24-5)18(21)19-11-8-12-25-14(3)4/h9-10,13-14H,6-8,11-12H2,1-5H3,(H,19,21). The molecule has 7 nitrogen and oxygen atoms in total. The molecule has 0 aromatic heterocycles. The quantitative estimate of drug-likeness (QED) is 0.590. The zero-order chi connectivity index (χ0) is 19.7. The first kappa shape index (κ1) is 22.4. The molecule has 0 spiro atoms. The van der Waals surface area contributed by atoms with E-state index in [4.69, 9.17) is 9.47 Å². The Morgan fingerprint density at radius 3 is 2.42 bits per heavy atom. The van der Waals surface area contributed by atoms with Crippen molar-refractivity contribution in [1.29, 1.82) is 0 Å². The van der Waals surface area contributed by atoms with Gasteiger partial charge in [-0.2, -0.15) is 4.31 Å². The molecule has 0 bridgehead atoms. The summed E-state index contributed by atoms with van der Waals surface area (Å²) in [6, 6.07) is 4.43. The monoisotopic (exact) mass is 386 g/mol. The van der Waals surface area contributed by atoms with Crippen LogP contribution in [0, 0.1) is 0 Å². The van der Waals surface area contributed by atoms with E-state index in [1.807, 2.05) is 13.8 Å². The summed E-state index contributed by atoms with van der Waals surface area (Å²) in [5.41, 5.74) is 0.279. The van der Waals surface area contributed by atoms with E-state index in [0.717, 1.165) is 0 Å². The summed E-state index contributed by atoms with van der Waals surface area (Å²) in [6.45, 7) is 9.13. The molecule has 0 aliphatic heterocycles. The number of ether oxygens (including phenoxy) is 2. The molecule has 1 aromatic rings. The lowest BCUT2D eigenvalue weighted by Crippen LogP contribution is -2.31. The summed E-state index contributed by atoms with van der Waals surface area (Å²) in [5, 5.41) is 2.78. The fourth-order valence-electron chi connectivity index (χ4n) is 2.42. The molecular weight excluding hydrogens is 356 g/mol. The maximum absolute atomic E-state index is 12.8. The molecule has 1 rings (SSSR count). The summed E-state index contributed by atoms with van der Waals surface area (Å²) in [7, 11) is -2.32. The number of hydrogen-bond donors (Lipinski definition) is 1. The number of methoxy groups -OCH3 is 1. The highest BCUT2D eigenvalue weighted by Crippen LogP contribution is 2.27. The lowest BCUT2D eigenvalue weighted by Gasteiger charge is -2.20. The number of nitrogens with zero attached hydrogens (tertiary/aromatic N) is 1. The number of carbonyl (C=O) groups is 1. The van der Waals surface area contributed by atoms with Crippen molar-refractivity contribution in [3.8, 4) is 5.75 Å². The van der Waals surface area contributed by atoms with Crippen LogP contribution in [0.15, 0.2) is 23.1 Å². The summed E-state index contributed by atoms with van der Waals surface area (Å²) < 4.78 is 37.6. The number of benzene rings is 1. The summed E-state index contributed by atoms with van der Waals surface area (Å²) >= 11 is 0. The third-order valence-corrected chi connectivity index (χ3v) is 5.88. The van der Waals surface area contributed by atoms with Gasteiger partial charge in [0, 0.05) is 31.8 Å². The predicted octanol–water partition coefficient (Wildman–Crippen LogP) is 2.27. The van der Waals surface area contributed by atoms with Crippen molar-refractivity contribution in [1.82, 2.24) is 9.62 Å². The second-order valence-corrected chi connectivity index (χ2v) is 7.89. The van der Waals surface area contributed by atoms with Gasteiger partial charge in [0.1, 0.15) is 10.6 Å². The van der Waals surface area contributed by atoms with Crippen LogP contribution in [-0.2, 0) is 14.8 Å².